The van der Waals surface area contributed by atoms with Crippen molar-refractivity contribution in [3.05, 3.63) is 78.8 Å². The molecule has 3 rings (SSSR count). The maximum atomic E-state index is 10.7. The molecule has 0 aliphatic carbocycles. The molecule has 0 radical (unpaired) electrons. The van der Waals surface area contributed by atoms with Crippen LogP contribution in [0.4, 0.5) is 0 Å². The van der Waals surface area contributed by atoms with E-state index in [4.69, 9.17) is 46.4 Å². The van der Waals surface area contributed by atoms with Gasteiger partial charge in [0.05, 0.1) is 26.2 Å². The lowest BCUT2D eigenvalue weighted by Gasteiger charge is -2.24. The smallest absolute Gasteiger partial charge is 0.0983 e. The zero-order valence-corrected chi connectivity index (χ0v) is 16.8. The quantitative estimate of drug-likeness (QED) is 0.559. The van der Waals surface area contributed by atoms with Gasteiger partial charge in [-0.25, -0.2) is 0 Å². The molecule has 0 aromatic heterocycles. The molecular formula is C19H14Cl4OS. The van der Waals surface area contributed by atoms with Gasteiger partial charge in [-0.15, -0.1) is 0 Å². The van der Waals surface area contributed by atoms with Crippen LogP contribution in [0.5, 0.6) is 0 Å². The number of benzene rings is 2. The Bertz CT molecular complexity index is 791. The summed E-state index contributed by atoms with van der Waals surface area (Å²) < 4.78 is 0. The summed E-state index contributed by atoms with van der Waals surface area (Å²) >= 11 is 25.8. The van der Waals surface area contributed by atoms with Crippen LogP contribution in [0.2, 0.25) is 20.1 Å². The summed E-state index contributed by atoms with van der Waals surface area (Å²) in [6.45, 7) is 0. The lowest BCUT2D eigenvalue weighted by molar-refractivity contribution is 0.249. The Morgan fingerprint density at radius 3 is 1.60 bits per heavy atom. The van der Waals surface area contributed by atoms with Gasteiger partial charge < -0.3 is 5.11 Å². The van der Waals surface area contributed by atoms with E-state index in [0.717, 1.165) is 33.8 Å². The second-order valence-corrected chi connectivity index (χ2v) is 8.30. The Labute approximate surface area is 171 Å². The van der Waals surface area contributed by atoms with Crippen LogP contribution >= 0.6 is 58.2 Å². The van der Waals surface area contributed by atoms with Gasteiger partial charge in [-0.05, 0) is 46.5 Å². The first-order valence-corrected chi connectivity index (χ1v) is 10.2. The first kappa shape index (κ1) is 19.2. The molecule has 1 fully saturated rings. The van der Waals surface area contributed by atoms with Gasteiger partial charge in [-0.1, -0.05) is 70.7 Å². The molecule has 6 heteroatoms. The third kappa shape index (κ3) is 4.77. The average molecular weight is 432 g/mol. The maximum absolute atomic E-state index is 10.7. The van der Waals surface area contributed by atoms with E-state index in [-0.39, 0.29) is 0 Å². The minimum atomic E-state index is -0.634. The number of halogens is 4. The van der Waals surface area contributed by atoms with Crippen LogP contribution in [-0.2, 0) is 0 Å². The molecule has 0 spiro atoms. The van der Waals surface area contributed by atoms with Crippen molar-refractivity contribution >= 4 is 70.3 Å². The molecule has 1 N–H and O–H groups in total. The summed E-state index contributed by atoms with van der Waals surface area (Å²) in [7, 11) is 0. The Morgan fingerprint density at radius 1 is 0.760 bits per heavy atom. The van der Waals surface area contributed by atoms with Crippen molar-refractivity contribution in [2.75, 3.05) is 11.5 Å². The topological polar surface area (TPSA) is 20.2 Å². The lowest BCUT2D eigenvalue weighted by atomic mass is 9.99. The van der Waals surface area contributed by atoms with Gasteiger partial charge >= 0.3 is 0 Å². The van der Waals surface area contributed by atoms with Gasteiger partial charge in [0, 0.05) is 11.5 Å². The number of hydrogen-bond acceptors (Lipinski definition) is 2. The minimum Gasteiger partial charge on any atom is -0.384 e. The van der Waals surface area contributed by atoms with E-state index in [1.165, 1.54) is 0 Å². The fourth-order valence-corrected chi connectivity index (χ4v) is 4.23. The molecule has 0 amide bonds. The molecule has 1 aliphatic heterocycles. The zero-order chi connectivity index (χ0) is 18.0. The highest BCUT2D eigenvalue weighted by molar-refractivity contribution is 7.99. The number of thioether (sulfide) groups is 1. The SMILES string of the molecule is OC1/C(=C/c2ccc(Cl)c(Cl)c2)CSC/C1=C\c1ccc(Cl)c(Cl)c1. The second kappa shape index (κ2) is 8.39. The van der Waals surface area contributed by atoms with E-state index in [2.05, 4.69) is 0 Å². The Kier molecular flexibility index (Phi) is 6.43. The van der Waals surface area contributed by atoms with Gasteiger partial charge in [0.1, 0.15) is 0 Å². The van der Waals surface area contributed by atoms with Gasteiger partial charge in [0.2, 0.25) is 0 Å². The monoisotopic (exact) mass is 430 g/mol. The van der Waals surface area contributed by atoms with E-state index in [0.29, 0.717) is 20.1 Å². The van der Waals surface area contributed by atoms with Crippen molar-refractivity contribution < 1.29 is 5.11 Å². The third-order valence-electron chi connectivity index (χ3n) is 3.83. The van der Waals surface area contributed by atoms with Crippen LogP contribution in [0.15, 0.2) is 47.5 Å². The number of rotatable bonds is 2. The van der Waals surface area contributed by atoms with Crippen LogP contribution in [-0.4, -0.2) is 22.7 Å². The molecule has 0 atom stereocenters. The van der Waals surface area contributed by atoms with Crippen LogP contribution in [0.1, 0.15) is 11.1 Å². The highest BCUT2D eigenvalue weighted by Gasteiger charge is 2.21. The molecule has 0 saturated carbocycles. The molecule has 2 aromatic carbocycles. The zero-order valence-electron chi connectivity index (χ0n) is 13.0. The number of hydrogen-bond donors (Lipinski definition) is 1. The summed E-state index contributed by atoms with van der Waals surface area (Å²) in [5, 5.41) is 12.8. The predicted molar refractivity (Wildman–Crippen MR) is 112 cm³/mol. The average Bonchev–Trinajstić information content (AvgIpc) is 2.58. The van der Waals surface area contributed by atoms with Crippen LogP contribution in [0, 0.1) is 0 Å². The highest BCUT2D eigenvalue weighted by atomic mass is 35.5. The standard InChI is InChI=1S/C19H14Cl4OS/c20-15-3-1-11(7-17(15)22)5-13-9-25-10-14(19(13)24)6-12-2-4-16(21)18(23)8-12/h1-8,19,24H,9-10H2/b13-5+,14-6+. The Balaban J connectivity index is 1.88. The fraction of sp³-hybridized carbons (Fsp3) is 0.158. The highest BCUT2D eigenvalue weighted by Crippen LogP contribution is 2.32. The van der Waals surface area contributed by atoms with Crippen molar-refractivity contribution in [1.29, 1.82) is 0 Å². The molecule has 2 aromatic rings. The minimum absolute atomic E-state index is 0.501. The summed E-state index contributed by atoms with van der Waals surface area (Å²) in [5.41, 5.74) is 3.70. The summed E-state index contributed by atoms with van der Waals surface area (Å²) in [4.78, 5) is 0. The van der Waals surface area contributed by atoms with E-state index in [1.54, 1.807) is 36.0 Å². The molecule has 1 saturated heterocycles. The molecule has 0 bridgehead atoms. The third-order valence-corrected chi connectivity index (χ3v) is 6.38. The summed E-state index contributed by atoms with van der Waals surface area (Å²) in [6.07, 6.45) is 3.29. The van der Waals surface area contributed by atoms with E-state index in [9.17, 15) is 5.11 Å². The Hall–Kier alpha value is -0.610. The predicted octanol–water partition coefficient (Wildman–Crippen LogP) is 6.87. The van der Waals surface area contributed by atoms with Crippen LogP contribution in [0.3, 0.4) is 0 Å². The fourth-order valence-electron chi connectivity index (χ4n) is 2.56. The molecule has 130 valence electrons. The maximum Gasteiger partial charge on any atom is 0.0983 e. The van der Waals surface area contributed by atoms with Crippen LogP contribution in [0.25, 0.3) is 12.2 Å². The summed E-state index contributed by atoms with van der Waals surface area (Å²) in [6, 6.07) is 10.9. The summed E-state index contributed by atoms with van der Waals surface area (Å²) in [5.74, 6) is 1.53. The van der Waals surface area contributed by atoms with Crippen molar-refractivity contribution in [1.82, 2.24) is 0 Å². The van der Waals surface area contributed by atoms with Crippen LogP contribution < -0.4 is 0 Å². The van der Waals surface area contributed by atoms with E-state index in [1.807, 2.05) is 24.3 Å². The Morgan fingerprint density at radius 2 is 1.20 bits per heavy atom. The molecule has 25 heavy (non-hydrogen) atoms. The number of aliphatic hydroxyl groups is 1. The van der Waals surface area contributed by atoms with Gasteiger partial charge in [0.25, 0.3) is 0 Å². The largest absolute Gasteiger partial charge is 0.384 e. The second-order valence-electron chi connectivity index (χ2n) is 5.68. The first-order chi connectivity index (χ1) is 11.9. The van der Waals surface area contributed by atoms with Crippen molar-refractivity contribution in [3.63, 3.8) is 0 Å². The van der Waals surface area contributed by atoms with Crippen molar-refractivity contribution in [2.45, 2.75) is 6.10 Å². The molecular weight excluding hydrogens is 418 g/mol. The van der Waals surface area contributed by atoms with Gasteiger partial charge in [0.15, 0.2) is 0 Å². The van der Waals surface area contributed by atoms with Gasteiger partial charge in [-0.2, -0.15) is 11.8 Å². The number of aliphatic hydroxyl groups excluding tert-OH is 1. The molecule has 1 heterocycles. The van der Waals surface area contributed by atoms with Crippen molar-refractivity contribution in [3.8, 4) is 0 Å². The van der Waals surface area contributed by atoms with E-state index >= 15 is 0 Å². The first-order valence-electron chi connectivity index (χ1n) is 7.51. The molecule has 0 unspecified atom stereocenters. The van der Waals surface area contributed by atoms with Crippen molar-refractivity contribution in [2.24, 2.45) is 0 Å². The normalized spacial score (nSPS) is 21.1. The van der Waals surface area contributed by atoms with E-state index < -0.39 is 6.10 Å². The molecule has 1 aliphatic rings. The molecule has 1 nitrogen and oxygen atoms in total. The van der Waals surface area contributed by atoms with Gasteiger partial charge in [-0.3, -0.25) is 0 Å². The lowest BCUT2D eigenvalue weighted by Crippen LogP contribution is -2.21.